The van der Waals surface area contributed by atoms with E-state index in [9.17, 15) is 13.2 Å². The number of nitrogens with zero attached hydrogens (tertiary/aromatic N) is 2. The van der Waals surface area contributed by atoms with Gasteiger partial charge in [0.25, 0.3) is 0 Å². The van der Waals surface area contributed by atoms with E-state index >= 15 is 0 Å². The second-order valence-electron chi connectivity index (χ2n) is 8.96. The number of nitrogens with one attached hydrogen (secondary N) is 1. The molecule has 4 aromatic rings. The van der Waals surface area contributed by atoms with Gasteiger partial charge in [0.05, 0.1) is 22.5 Å². The van der Waals surface area contributed by atoms with Gasteiger partial charge in [0.1, 0.15) is 0 Å². The monoisotopic (exact) mass is 555 g/mol. The van der Waals surface area contributed by atoms with Gasteiger partial charge in [0.2, 0.25) is 17.6 Å². The predicted octanol–water partition coefficient (Wildman–Crippen LogP) is 6.10. The maximum atomic E-state index is 12.6. The highest BCUT2D eigenvalue weighted by Gasteiger charge is 2.53. The van der Waals surface area contributed by atoms with Crippen molar-refractivity contribution in [2.24, 2.45) is 0 Å². The number of halogens is 2. The molecule has 0 atom stereocenters. The standard InChI is InChI=1S/C27H23Cl2N3O4S/c1-2-37(34,35)20-10-8-17(9-11-20)14-23(33)30-19-15-21(28)24(22(29)16-19)27(12-13-27)26-31-25(32-36-26)18-6-4-3-5-7-18/h3-11,15-16H,2,12-14H2,1H3,(H,30,33). The molecule has 0 radical (unpaired) electrons. The average molecular weight is 556 g/mol. The molecular weight excluding hydrogens is 533 g/mol. The second kappa shape index (κ2) is 9.93. The molecule has 0 spiro atoms. The minimum absolute atomic E-state index is 0.0202. The van der Waals surface area contributed by atoms with Crippen LogP contribution in [-0.2, 0) is 26.5 Å². The van der Waals surface area contributed by atoms with Crippen molar-refractivity contribution >= 4 is 44.6 Å². The van der Waals surface area contributed by atoms with Crippen molar-refractivity contribution in [2.75, 3.05) is 11.1 Å². The largest absolute Gasteiger partial charge is 0.338 e. The number of hydrogen-bond acceptors (Lipinski definition) is 6. The van der Waals surface area contributed by atoms with Crippen LogP contribution >= 0.6 is 23.2 Å². The zero-order valence-electron chi connectivity index (χ0n) is 19.9. The van der Waals surface area contributed by atoms with Crippen LogP contribution in [0.5, 0.6) is 0 Å². The first-order valence-corrected chi connectivity index (χ1v) is 14.1. The van der Waals surface area contributed by atoms with Crippen LogP contribution < -0.4 is 5.32 Å². The van der Waals surface area contributed by atoms with Gasteiger partial charge in [-0.05, 0) is 42.7 Å². The Balaban J connectivity index is 1.32. The molecule has 1 saturated carbocycles. The van der Waals surface area contributed by atoms with Crippen molar-refractivity contribution in [3.05, 3.63) is 93.8 Å². The van der Waals surface area contributed by atoms with Gasteiger partial charge in [-0.2, -0.15) is 4.98 Å². The van der Waals surface area contributed by atoms with Gasteiger partial charge in [-0.15, -0.1) is 0 Å². The van der Waals surface area contributed by atoms with Crippen molar-refractivity contribution in [2.45, 2.75) is 36.5 Å². The molecule has 0 unspecified atom stereocenters. The van der Waals surface area contributed by atoms with Gasteiger partial charge in [0, 0.05) is 26.9 Å². The summed E-state index contributed by atoms with van der Waals surface area (Å²) in [4.78, 5) is 17.5. The Morgan fingerprint density at radius 2 is 1.68 bits per heavy atom. The lowest BCUT2D eigenvalue weighted by Crippen LogP contribution is -2.16. The minimum Gasteiger partial charge on any atom is -0.338 e. The average Bonchev–Trinajstić information content (AvgIpc) is 3.50. The normalized spacial score (nSPS) is 14.4. The quantitative estimate of drug-likeness (QED) is 0.282. The lowest BCUT2D eigenvalue weighted by molar-refractivity contribution is -0.115. The highest BCUT2D eigenvalue weighted by Crippen LogP contribution is 2.57. The lowest BCUT2D eigenvalue weighted by atomic mass is 9.95. The third kappa shape index (κ3) is 5.14. The van der Waals surface area contributed by atoms with Crippen LogP contribution in [-0.4, -0.2) is 30.2 Å². The van der Waals surface area contributed by atoms with Gasteiger partial charge in [0.15, 0.2) is 9.84 Å². The van der Waals surface area contributed by atoms with Gasteiger partial charge in [-0.25, -0.2) is 8.42 Å². The number of rotatable bonds is 8. The lowest BCUT2D eigenvalue weighted by Gasteiger charge is -2.17. The zero-order chi connectivity index (χ0) is 26.2. The summed E-state index contributed by atoms with van der Waals surface area (Å²) in [6.07, 6.45) is 1.59. The molecule has 3 aromatic carbocycles. The van der Waals surface area contributed by atoms with Gasteiger partial charge in [-0.3, -0.25) is 4.79 Å². The molecule has 1 aliphatic carbocycles. The highest BCUT2D eigenvalue weighted by molar-refractivity contribution is 7.91. The smallest absolute Gasteiger partial charge is 0.237 e. The Bertz CT molecular complexity index is 1540. The van der Waals surface area contributed by atoms with E-state index < -0.39 is 15.3 Å². The third-order valence-electron chi connectivity index (χ3n) is 6.45. The van der Waals surface area contributed by atoms with Crippen molar-refractivity contribution in [3.63, 3.8) is 0 Å². The third-order valence-corrected chi connectivity index (χ3v) is 8.80. The molecular formula is C27H23Cl2N3O4S. The maximum Gasteiger partial charge on any atom is 0.237 e. The summed E-state index contributed by atoms with van der Waals surface area (Å²) in [6.45, 7) is 1.59. The van der Waals surface area contributed by atoms with Crippen LogP contribution in [0.15, 0.2) is 76.1 Å². The molecule has 5 rings (SSSR count). The molecule has 10 heteroatoms. The maximum absolute atomic E-state index is 12.6. The predicted molar refractivity (Wildman–Crippen MR) is 143 cm³/mol. The molecule has 1 aliphatic rings. The Kier molecular flexibility index (Phi) is 6.83. The van der Waals surface area contributed by atoms with Crippen LogP contribution in [0.1, 0.15) is 36.8 Å². The topological polar surface area (TPSA) is 102 Å². The second-order valence-corrected chi connectivity index (χ2v) is 12.1. The number of aromatic nitrogens is 2. The number of amides is 1. The SMILES string of the molecule is CCS(=O)(=O)c1ccc(CC(=O)Nc2cc(Cl)c(C3(c4nc(-c5ccccc5)no4)CC3)c(Cl)c2)cc1. The minimum atomic E-state index is -3.29. The Morgan fingerprint density at radius 1 is 1.03 bits per heavy atom. The van der Waals surface area contributed by atoms with Gasteiger partial charge in [-0.1, -0.05) is 77.7 Å². The van der Waals surface area contributed by atoms with E-state index in [0.29, 0.717) is 38.6 Å². The summed E-state index contributed by atoms with van der Waals surface area (Å²) in [5.74, 6) is 0.696. The highest BCUT2D eigenvalue weighted by atomic mass is 35.5. The van der Waals surface area contributed by atoms with E-state index in [-0.39, 0.29) is 23.0 Å². The summed E-state index contributed by atoms with van der Waals surface area (Å²) in [5.41, 5.74) is 2.14. The summed E-state index contributed by atoms with van der Waals surface area (Å²) in [7, 11) is -3.29. The van der Waals surface area contributed by atoms with Crippen LogP contribution in [0, 0.1) is 0 Å². The van der Waals surface area contributed by atoms with Crippen LogP contribution in [0.25, 0.3) is 11.4 Å². The molecule has 1 amide bonds. The van der Waals surface area contributed by atoms with E-state index in [4.69, 9.17) is 27.7 Å². The van der Waals surface area contributed by atoms with Gasteiger partial charge < -0.3 is 9.84 Å². The zero-order valence-corrected chi connectivity index (χ0v) is 22.2. The fraction of sp³-hybridized carbons (Fsp3) is 0.222. The summed E-state index contributed by atoms with van der Waals surface area (Å²) in [5, 5.41) is 7.74. The van der Waals surface area contributed by atoms with Crippen molar-refractivity contribution in [3.8, 4) is 11.4 Å². The van der Waals surface area contributed by atoms with Crippen molar-refractivity contribution < 1.29 is 17.7 Å². The molecule has 1 heterocycles. The van der Waals surface area contributed by atoms with E-state index in [1.807, 2.05) is 30.3 Å². The number of anilines is 1. The first-order valence-electron chi connectivity index (χ1n) is 11.7. The van der Waals surface area contributed by atoms with Crippen LogP contribution in [0.3, 0.4) is 0 Å². The molecule has 190 valence electrons. The van der Waals surface area contributed by atoms with Gasteiger partial charge >= 0.3 is 0 Å². The number of benzene rings is 3. The van der Waals surface area contributed by atoms with E-state index in [0.717, 1.165) is 18.4 Å². The molecule has 7 nitrogen and oxygen atoms in total. The first-order chi connectivity index (χ1) is 17.7. The van der Waals surface area contributed by atoms with E-state index in [1.165, 1.54) is 12.1 Å². The first kappa shape index (κ1) is 25.4. The Morgan fingerprint density at radius 3 is 2.27 bits per heavy atom. The number of carbonyl (C=O) groups is 1. The van der Waals surface area contributed by atoms with Crippen LogP contribution in [0.2, 0.25) is 10.0 Å². The van der Waals surface area contributed by atoms with E-state index in [2.05, 4.69) is 15.5 Å². The Hall–Kier alpha value is -3.20. The molecule has 1 fully saturated rings. The fourth-order valence-corrected chi connectivity index (χ4v) is 6.03. The molecule has 37 heavy (non-hydrogen) atoms. The van der Waals surface area contributed by atoms with Crippen LogP contribution in [0.4, 0.5) is 5.69 Å². The fourth-order valence-electron chi connectivity index (χ4n) is 4.29. The van der Waals surface area contributed by atoms with Crippen molar-refractivity contribution in [1.29, 1.82) is 0 Å². The molecule has 1 aromatic heterocycles. The molecule has 0 aliphatic heterocycles. The number of carbonyl (C=O) groups excluding carboxylic acids is 1. The molecule has 1 N–H and O–H groups in total. The van der Waals surface area contributed by atoms with Crippen molar-refractivity contribution in [1.82, 2.24) is 10.1 Å². The Labute approximate surface area is 224 Å². The summed E-state index contributed by atoms with van der Waals surface area (Å²) in [6, 6.07) is 19.2. The summed E-state index contributed by atoms with van der Waals surface area (Å²) >= 11 is 13.3. The molecule has 0 bridgehead atoms. The summed E-state index contributed by atoms with van der Waals surface area (Å²) < 4.78 is 29.6. The van der Waals surface area contributed by atoms with E-state index in [1.54, 1.807) is 31.2 Å². The molecule has 0 saturated heterocycles. The number of hydrogen-bond donors (Lipinski definition) is 1. The number of sulfone groups is 1.